The second-order valence-electron chi connectivity index (χ2n) is 6.33. The van der Waals surface area contributed by atoms with Crippen LogP contribution in [0.5, 0.6) is 0 Å². The zero-order valence-corrected chi connectivity index (χ0v) is 16.5. The number of nitrogen functional groups attached to an aromatic ring is 1. The van der Waals surface area contributed by atoms with Crippen LogP contribution < -0.4 is 5.73 Å². The number of anilines is 1. The van der Waals surface area contributed by atoms with E-state index >= 15 is 0 Å². The van der Waals surface area contributed by atoms with Gasteiger partial charge in [0.15, 0.2) is 0 Å². The van der Waals surface area contributed by atoms with E-state index < -0.39 is 45.0 Å². The Hall–Kier alpha value is -1.55. The molecule has 0 unspecified atom stereocenters. The van der Waals surface area contributed by atoms with Crippen molar-refractivity contribution in [3.05, 3.63) is 36.4 Å². The van der Waals surface area contributed by atoms with Crippen molar-refractivity contribution in [3.8, 4) is 0 Å². The molecule has 5 N–H and O–H groups in total. The first-order valence-corrected chi connectivity index (χ1v) is 12.0. The molecule has 0 amide bonds. The standard InChI is InChI=1S/C16H11NO9S3.Na.H/c17-11-5-12(27(18,19)20)8-3-4-10-14(29(24,25)26)6-13(28(21,22)23)9-2-1-7(11)15(8)16(9)10;;/h1-6H,17H2,(H,18,19,20)(H,21,22,23)(H,24,25,26);;. The normalized spacial score (nSPS) is 13.2. The van der Waals surface area contributed by atoms with Crippen LogP contribution >= 0.6 is 0 Å². The minimum atomic E-state index is -4.93. The number of nitrogens with two attached hydrogens (primary N) is 1. The molecule has 0 fully saturated rings. The summed E-state index contributed by atoms with van der Waals surface area (Å²) in [6, 6.07) is 6.63. The van der Waals surface area contributed by atoms with Crippen LogP contribution in [0.25, 0.3) is 32.3 Å². The Kier molecular flexibility index (Phi) is 5.38. The van der Waals surface area contributed by atoms with Gasteiger partial charge < -0.3 is 5.73 Å². The minimum absolute atomic E-state index is 0. The molecule has 14 heteroatoms. The van der Waals surface area contributed by atoms with E-state index in [2.05, 4.69) is 0 Å². The van der Waals surface area contributed by atoms with Crippen molar-refractivity contribution in [2.24, 2.45) is 0 Å². The Morgan fingerprint density at radius 2 is 0.867 bits per heavy atom. The van der Waals surface area contributed by atoms with Gasteiger partial charge in [-0.2, -0.15) is 25.3 Å². The molecule has 0 bridgehead atoms. The number of rotatable bonds is 3. The van der Waals surface area contributed by atoms with Crippen molar-refractivity contribution < 1.29 is 38.9 Å². The molecule has 0 aliphatic rings. The maximum atomic E-state index is 11.9. The van der Waals surface area contributed by atoms with Crippen LogP contribution in [0.4, 0.5) is 5.69 Å². The van der Waals surface area contributed by atoms with Crippen molar-refractivity contribution in [2.75, 3.05) is 5.73 Å². The Balaban J connectivity index is 0.00000256. The van der Waals surface area contributed by atoms with Gasteiger partial charge >= 0.3 is 29.6 Å². The zero-order valence-electron chi connectivity index (χ0n) is 14.1. The van der Waals surface area contributed by atoms with E-state index in [1.165, 1.54) is 18.2 Å². The fourth-order valence-electron chi connectivity index (χ4n) is 3.56. The molecule has 0 aromatic heterocycles. The molecule has 0 saturated heterocycles. The summed E-state index contributed by atoms with van der Waals surface area (Å²) in [5.41, 5.74) is 5.82. The van der Waals surface area contributed by atoms with Crippen LogP contribution in [0.15, 0.2) is 51.1 Å². The molecule has 0 heterocycles. The number of benzene rings is 4. The van der Waals surface area contributed by atoms with Crippen LogP contribution in [0.1, 0.15) is 0 Å². The van der Waals surface area contributed by atoms with Gasteiger partial charge in [-0.3, -0.25) is 13.7 Å². The van der Waals surface area contributed by atoms with Crippen molar-refractivity contribution in [2.45, 2.75) is 14.7 Å². The van der Waals surface area contributed by atoms with E-state index in [-0.39, 0.29) is 67.6 Å². The Morgan fingerprint density at radius 3 is 1.23 bits per heavy atom. The third-order valence-corrected chi connectivity index (χ3v) is 7.33. The molecule has 4 rings (SSSR count). The van der Waals surface area contributed by atoms with Gasteiger partial charge in [0, 0.05) is 38.0 Å². The molecule has 0 aliphatic carbocycles. The van der Waals surface area contributed by atoms with Crippen LogP contribution in [0.2, 0.25) is 0 Å². The van der Waals surface area contributed by atoms with Crippen LogP contribution in [0.3, 0.4) is 0 Å². The molecular formula is C16H12NNaO9S3. The van der Waals surface area contributed by atoms with Gasteiger partial charge in [0.2, 0.25) is 0 Å². The molecule has 4 aromatic carbocycles. The monoisotopic (exact) mass is 481 g/mol. The second-order valence-corrected chi connectivity index (χ2v) is 10.5. The SMILES string of the molecule is Nc1cc(S(=O)(=O)O)c2ccc3c(S(=O)(=O)O)cc(S(=O)(=O)O)c4ccc1c2c43.[NaH]. The van der Waals surface area contributed by atoms with Crippen LogP contribution in [0, 0.1) is 0 Å². The van der Waals surface area contributed by atoms with Gasteiger partial charge in [-0.05, 0) is 12.1 Å². The van der Waals surface area contributed by atoms with Gasteiger partial charge in [0.25, 0.3) is 30.4 Å². The second kappa shape index (κ2) is 6.98. The molecule has 4 aromatic rings. The first kappa shape index (κ1) is 23.1. The maximum absolute atomic E-state index is 11.9. The Morgan fingerprint density at radius 1 is 0.567 bits per heavy atom. The topological polar surface area (TPSA) is 189 Å². The van der Waals surface area contributed by atoms with Gasteiger partial charge in [0.05, 0.1) is 0 Å². The van der Waals surface area contributed by atoms with Crippen molar-refractivity contribution in [1.29, 1.82) is 0 Å². The Labute approximate surface area is 192 Å². The molecule has 0 aliphatic heterocycles. The Bertz CT molecular complexity index is 1630. The third kappa shape index (κ3) is 3.45. The summed E-state index contributed by atoms with van der Waals surface area (Å²) in [6.07, 6.45) is 0. The van der Waals surface area contributed by atoms with Crippen LogP contribution in [-0.4, -0.2) is 68.5 Å². The quantitative estimate of drug-likeness (QED) is 0.143. The summed E-state index contributed by atoms with van der Waals surface area (Å²) >= 11 is 0. The average molecular weight is 481 g/mol. The van der Waals surface area contributed by atoms with E-state index in [4.69, 9.17) is 5.73 Å². The summed E-state index contributed by atoms with van der Waals surface area (Å²) in [5, 5.41) is -0.0781. The summed E-state index contributed by atoms with van der Waals surface area (Å²) in [6.45, 7) is 0. The van der Waals surface area contributed by atoms with E-state index in [0.717, 1.165) is 12.1 Å². The van der Waals surface area contributed by atoms with Gasteiger partial charge in [-0.1, -0.05) is 24.3 Å². The first-order chi connectivity index (χ1) is 13.2. The average Bonchev–Trinajstić information content (AvgIpc) is 2.57. The van der Waals surface area contributed by atoms with Crippen molar-refractivity contribution in [1.82, 2.24) is 0 Å². The molecule has 0 radical (unpaired) electrons. The molecule has 0 spiro atoms. The van der Waals surface area contributed by atoms with Gasteiger partial charge in [-0.15, -0.1) is 0 Å². The van der Waals surface area contributed by atoms with Gasteiger partial charge in [0.1, 0.15) is 14.7 Å². The summed E-state index contributed by atoms with van der Waals surface area (Å²) in [5.74, 6) is 0. The van der Waals surface area contributed by atoms with E-state index in [1.807, 2.05) is 0 Å². The zero-order chi connectivity index (χ0) is 21.5. The van der Waals surface area contributed by atoms with E-state index in [9.17, 15) is 38.9 Å². The number of hydrogen-bond donors (Lipinski definition) is 4. The van der Waals surface area contributed by atoms with Gasteiger partial charge in [-0.25, -0.2) is 0 Å². The fourth-order valence-corrected chi connectivity index (χ4v) is 5.79. The van der Waals surface area contributed by atoms with E-state index in [1.54, 1.807) is 0 Å². The summed E-state index contributed by atoms with van der Waals surface area (Å²) in [7, 11) is -14.6. The summed E-state index contributed by atoms with van der Waals surface area (Å²) < 4.78 is 99.8. The molecule has 30 heavy (non-hydrogen) atoms. The summed E-state index contributed by atoms with van der Waals surface area (Å²) in [4.78, 5) is -2.17. The molecule has 10 nitrogen and oxygen atoms in total. The first-order valence-electron chi connectivity index (χ1n) is 7.67. The van der Waals surface area contributed by atoms with E-state index in [0.29, 0.717) is 6.07 Å². The fraction of sp³-hybridized carbons (Fsp3) is 0. The molecule has 0 atom stereocenters. The molecular weight excluding hydrogens is 469 g/mol. The molecule has 154 valence electrons. The predicted octanol–water partition coefficient (Wildman–Crippen LogP) is 1.26. The number of hydrogen-bond acceptors (Lipinski definition) is 7. The van der Waals surface area contributed by atoms with Crippen molar-refractivity contribution >= 4 is 97.9 Å². The third-order valence-electron chi connectivity index (χ3n) is 4.65. The van der Waals surface area contributed by atoms with Crippen molar-refractivity contribution in [3.63, 3.8) is 0 Å². The molecule has 0 saturated carbocycles. The predicted molar refractivity (Wildman–Crippen MR) is 111 cm³/mol. The van der Waals surface area contributed by atoms with Crippen LogP contribution in [-0.2, 0) is 30.4 Å².